The van der Waals surface area contributed by atoms with Crippen molar-refractivity contribution in [1.29, 1.82) is 0 Å². The number of H-pyrrole nitrogens is 1. The average molecular weight is 267 g/mol. The van der Waals surface area contributed by atoms with Gasteiger partial charge in [0, 0.05) is 5.56 Å². The molecule has 0 radical (unpaired) electrons. The highest BCUT2D eigenvalue weighted by atomic mass is 31.1. The van der Waals surface area contributed by atoms with Gasteiger partial charge in [-0.2, -0.15) is 0 Å². The van der Waals surface area contributed by atoms with Gasteiger partial charge in [-0.15, -0.1) is 4.89 Å². The van der Waals surface area contributed by atoms with Crippen LogP contribution in [0.25, 0.3) is 11.0 Å². The number of hydrogen-bond acceptors (Lipinski definition) is 3. The van der Waals surface area contributed by atoms with Gasteiger partial charge in [0.1, 0.15) is 0 Å². The maximum atomic E-state index is 11.1. The Morgan fingerprint density at radius 2 is 2.33 bits per heavy atom. The van der Waals surface area contributed by atoms with E-state index in [-0.39, 0.29) is 12.4 Å². The summed E-state index contributed by atoms with van der Waals surface area (Å²) in [5.74, 6) is -0.568. The number of carbonyl (C=O) groups excluding carboxylic acids is 1. The molecule has 1 atom stereocenters. The van der Waals surface area contributed by atoms with Gasteiger partial charge in [0.15, 0.2) is 5.82 Å². The summed E-state index contributed by atoms with van der Waals surface area (Å²) in [5.41, 5.74) is 8.07. The summed E-state index contributed by atoms with van der Waals surface area (Å²) in [7, 11) is -2.43. The molecule has 0 aliphatic rings. The molecule has 0 saturated carbocycles. The Morgan fingerprint density at radius 3 is 2.94 bits per heavy atom. The van der Waals surface area contributed by atoms with Gasteiger partial charge < -0.3 is 10.7 Å². The zero-order valence-electron chi connectivity index (χ0n) is 9.60. The molecule has 0 fully saturated rings. The predicted molar refractivity (Wildman–Crippen MR) is 66.0 cm³/mol. The van der Waals surface area contributed by atoms with E-state index in [0.29, 0.717) is 11.0 Å². The van der Waals surface area contributed by atoms with E-state index in [9.17, 15) is 9.36 Å². The molecule has 1 unspecified atom stereocenters. The number of aromatic amines is 1. The number of carbonyl (C=O) groups is 1. The van der Waals surface area contributed by atoms with Crippen LogP contribution in [0.1, 0.15) is 21.7 Å². The Bertz CT molecular complexity index is 637. The zero-order chi connectivity index (χ0) is 13.3. The molecule has 2 aromatic rings. The molecule has 0 aliphatic heterocycles. The monoisotopic (exact) mass is 267 g/mol. The van der Waals surface area contributed by atoms with E-state index >= 15 is 0 Å². The minimum atomic E-state index is -2.43. The first-order valence-corrected chi connectivity index (χ1v) is 6.38. The molecule has 0 spiro atoms. The summed E-state index contributed by atoms with van der Waals surface area (Å²) < 4.78 is 10.7. The minimum absolute atomic E-state index is 0.0743. The van der Waals surface area contributed by atoms with Crippen molar-refractivity contribution in [2.75, 3.05) is 0 Å². The highest BCUT2D eigenvalue weighted by Crippen LogP contribution is 2.21. The van der Waals surface area contributed by atoms with E-state index in [1.165, 1.54) is 0 Å². The maximum absolute atomic E-state index is 11.1. The Morgan fingerprint density at radius 1 is 1.61 bits per heavy atom. The predicted octanol–water partition coefficient (Wildman–Crippen LogP) is 0.710. The third-order valence-corrected chi connectivity index (χ3v) is 3.05. The van der Waals surface area contributed by atoms with Crippen molar-refractivity contribution in [2.45, 2.75) is 13.5 Å². The fourth-order valence-electron chi connectivity index (χ4n) is 1.72. The third kappa shape index (κ3) is 2.38. The van der Waals surface area contributed by atoms with E-state index < -0.39 is 14.1 Å². The van der Waals surface area contributed by atoms with Crippen molar-refractivity contribution in [3.05, 3.63) is 29.1 Å². The van der Waals surface area contributed by atoms with Crippen molar-refractivity contribution in [3.63, 3.8) is 0 Å². The first kappa shape index (κ1) is 12.6. The second kappa shape index (κ2) is 4.81. The smallest absolute Gasteiger partial charge is 0.363 e. The lowest BCUT2D eigenvalue weighted by molar-refractivity contribution is 0.0991. The Balaban J connectivity index is 2.51. The SMILES string of the molecule is Cc1ccc2[nH]c(C(N)=O)nc2c1CN[P+](=O)O. The lowest BCUT2D eigenvalue weighted by Gasteiger charge is -2.02. The van der Waals surface area contributed by atoms with Gasteiger partial charge in [0.25, 0.3) is 5.91 Å². The Labute approximate surface area is 103 Å². The second-order valence-electron chi connectivity index (χ2n) is 3.81. The molecule has 18 heavy (non-hydrogen) atoms. The minimum Gasteiger partial charge on any atom is -0.363 e. The van der Waals surface area contributed by atoms with E-state index in [2.05, 4.69) is 15.1 Å². The molecule has 1 aromatic heterocycles. The molecule has 1 aromatic carbocycles. The van der Waals surface area contributed by atoms with Crippen LogP contribution in [-0.2, 0) is 11.1 Å². The summed E-state index contributed by atoms with van der Waals surface area (Å²) in [6, 6.07) is 3.62. The number of rotatable bonds is 4. The van der Waals surface area contributed by atoms with E-state index in [0.717, 1.165) is 11.1 Å². The van der Waals surface area contributed by atoms with Crippen LogP contribution in [0.3, 0.4) is 0 Å². The molecule has 0 saturated heterocycles. The van der Waals surface area contributed by atoms with Crippen molar-refractivity contribution in [3.8, 4) is 0 Å². The Kier molecular flexibility index (Phi) is 3.38. The molecule has 7 nitrogen and oxygen atoms in total. The summed E-state index contributed by atoms with van der Waals surface area (Å²) in [5, 5.41) is 2.43. The van der Waals surface area contributed by atoms with Gasteiger partial charge in [-0.3, -0.25) is 4.79 Å². The fraction of sp³-hybridized carbons (Fsp3) is 0.200. The second-order valence-corrected chi connectivity index (χ2v) is 4.68. The summed E-state index contributed by atoms with van der Waals surface area (Å²) in [6.45, 7) is 2.05. The molecule has 1 heterocycles. The molecule has 1 amide bonds. The van der Waals surface area contributed by atoms with Crippen molar-refractivity contribution < 1.29 is 14.3 Å². The molecule has 0 bridgehead atoms. The summed E-state index contributed by atoms with van der Waals surface area (Å²) >= 11 is 0. The lowest BCUT2D eigenvalue weighted by atomic mass is 10.1. The first-order chi connectivity index (χ1) is 8.49. The van der Waals surface area contributed by atoms with Crippen LogP contribution in [0.5, 0.6) is 0 Å². The van der Waals surface area contributed by atoms with Crippen LogP contribution in [0.2, 0.25) is 0 Å². The van der Waals surface area contributed by atoms with Crippen LogP contribution in [0.15, 0.2) is 12.1 Å². The standard InChI is InChI=1S/C10H11N4O3P/c1-5-2-3-7-8(6(5)4-12-18(16)17)14-10(13-7)9(11)15/h2-3H,4H2,1H3,(H4-,11,12,13,14,15,16,17)/p+1. The zero-order valence-corrected chi connectivity index (χ0v) is 10.5. The first-order valence-electron chi connectivity index (χ1n) is 5.16. The molecule has 0 aliphatic carbocycles. The lowest BCUT2D eigenvalue weighted by Crippen LogP contribution is -2.12. The Hall–Kier alpha value is -1.82. The molecule has 8 heteroatoms. The number of nitrogens with zero attached hydrogens (tertiary/aromatic N) is 1. The number of fused-ring (bicyclic) bond motifs is 1. The topological polar surface area (TPSA) is 121 Å². The summed E-state index contributed by atoms with van der Waals surface area (Å²) in [6.07, 6.45) is 0. The molecular formula is C10H12N4O3P+. The van der Waals surface area contributed by atoms with Crippen LogP contribution in [0, 0.1) is 6.92 Å². The number of imidazole rings is 1. The number of primary amides is 1. The number of aromatic nitrogens is 2. The fourth-order valence-corrected chi connectivity index (χ4v) is 2.01. The van der Waals surface area contributed by atoms with Gasteiger partial charge in [-0.05, 0) is 23.1 Å². The number of amides is 1. The summed E-state index contributed by atoms with van der Waals surface area (Å²) in [4.78, 5) is 26.7. The largest absolute Gasteiger partial charge is 0.610 e. The molecular weight excluding hydrogens is 255 g/mol. The van der Waals surface area contributed by atoms with Gasteiger partial charge in [-0.1, -0.05) is 11.2 Å². The van der Waals surface area contributed by atoms with E-state index in [1.807, 2.05) is 13.0 Å². The van der Waals surface area contributed by atoms with Crippen LogP contribution in [0.4, 0.5) is 0 Å². The molecule has 5 N–H and O–H groups in total. The van der Waals surface area contributed by atoms with Crippen molar-refractivity contribution in [2.24, 2.45) is 5.73 Å². The van der Waals surface area contributed by atoms with Gasteiger partial charge >= 0.3 is 8.18 Å². The van der Waals surface area contributed by atoms with Crippen molar-refractivity contribution in [1.82, 2.24) is 15.1 Å². The molecule has 94 valence electrons. The van der Waals surface area contributed by atoms with Crippen molar-refractivity contribution >= 4 is 25.1 Å². The average Bonchev–Trinajstić information content (AvgIpc) is 2.71. The number of benzene rings is 1. The van der Waals surface area contributed by atoms with Crippen LogP contribution in [-0.4, -0.2) is 20.8 Å². The number of nitrogens with two attached hydrogens (primary N) is 1. The number of aryl methyl sites for hydroxylation is 1. The number of nitrogens with one attached hydrogen (secondary N) is 2. The van der Waals surface area contributed by atoms with E-state index in [1.54, 1.807) is 6.07 Å². The third-order valence-electron chi connectivity index (χ3n) is 2.62. The van der Waals surface area contributed by atoms with Gasteiger partial charge in [-0.25, -0.2) is 4.98 Å². The highest BCUT2D eigenvalue weighted by molar-refractivity contribution is 7.35. The molecule has 2 rings (SSSR count). The maximum Gasteiger partial charge on any atom is 0.610 e. The normalized spacial score (nSPS) is 11.8. The van der Waals surface area contributed by atoms with Crippen LogP contribution >= 0.6 is 8.18 Å². The van der Waals surface area contributed by atoms with Gasteiger partial charge in [0.05, 0.1) is 17.6 Å². The number of hydrogen-bond donors (Lipinski definition) is 4. The van der Waals surface area contributed by atoms with Gasteiger partial charge in [0.2, 0.25) is 0 Å². The van der Waals surface area contributed by atoms with Crippen LogP contribution < -0.4 is 10.8 Å². The quantitative estimate of drug-likeness (QED) is 0.608. The highest BCUT2D eigenvalue weighted by Gasteiger charge is 2.16. The van der Waals surface area contributed by atoms with E-state index in [4.69, 9.17) is 10.6 Å².